The predicted molar refractivity (Wildman–Crippen MR) is 129 cm³/mol. The number of para-hydroxylation sites is 3. The van der Waals surface area contributed by atoms with Gasteiger partial charge in [0, 0.05) is 17.1 Å². The molecule has 1 amide bonds. The molecular weight excluding hydrogens is 445 g/mol. The van der Waals surface area contributed by atoms with Crippen LogP contribution < -0.4 is 10.1 Å². The Morgan fingerprint density at radius 1 is 0.938 bits per heavy atom. The van der Waals surface area contributed by atoms with Crippen LogP contribution >= 0.6 is 23.2 Å². The number of benzene rings is 3. The van der Waals surface area contributed by atoms with Gasteiger partial charge in [0.05, 0.1) is 29.2 Å². The molecule has 164 valence electrons. The van der Waals surface area contributed by atoms with Crippen LogP contribution in [0.5, 0.6) is 5.75 Å². The van der Waals surface area contributed by atoms with Gasteiger partial charge in [-0.2, -0.15) is 0 Å². The number of nitrogens with zero attached hydrogens (tertiary/aromatic N) is 2. The lowest BCUT2D eigenvalue weighted by atomic mass is 10.2. The zero-order valence-corrected chi connectivity index (χ0v) is 18.9. The summed E-state index contributed by atoms with van der Waals surface area (Å²) in [5, 5.41) is 4.18. The van der Waals surface area contributed by atoms with Crippen LogP contribution in [0.3, 0.4) is 0 Å². The topological polar surface area (TPSA) is 56.2 Å². The number of ether oxygens (including phenoxy) is 1. The van der Waals surface area contributed by atoms with E-state index in [2.05, 4.69) is 9.88 Å². The zero-order valence-electron chi connectivity index (χ0n) is 17.4. The van der Waals surface area contributed by atoms with Crippen molar-refractivity contribution in [1.82, 2.24) is 14.9 Å². The number of aryl methyl sites for hydroxylation is 1. The standard InChI is InChI=1S/C25H23Cl2N3O2/c26-19-13-11-18(12-14-19)25(31)28-17-24-29-21-8-2-3-9-22(21)30(24)15-5-6-16-32-23-10-4-1-7-20(23)27/h1-4,7-14H,5-6,15-17H2,(H,28,31). The van der Waals surface area contributed by atoms with Gasteiger partial charge >= 0.3 is 0 Å². The summed E-state index contributed by atoms with van der Waals surface area (Å²) in [6, 6.07) is 22.3. The molecule has 5 nitrogen and oxygen atoms in total. The first-order valence-corrected chi connectivity index (χ1v) is 11.2. The van der Waals surface area contributed by atoms with Gasteiger partial charge in [-0.05, 0) is 61.4 Å². The Morgan fingerprint density at radius 2 is 1.69 bits per heavy atom. The van der Waals surface area contributed by atoms with Gasteiger partial charge in [0.25, 0.3) is 5.91 Å². The lowest BCUT2D eigenvalue weighted by Crippen LogP contribution is -2.24. The fourth-order valence-corrected chi connectivity index (χ4v) is 3.80. The molecule has 3 aromatic carbocycles. The molecule has 0 fully saturated rings. The number of hydrogen-bond acceptors (Lipinski definition) is 3. The zero-order chi connectivity index (χ0) is 22.3. The number of fused-ring (bicyclic) bond motifs is 1. The predicted octanol–water partition coefficient (Wildman–Crippen LogP) is 6.13. The number of unbranched alkanes of at least 4 members (excludes halogenated alkanes) is 1. The van der Waals surface area contributed by atoms with Crippen LogP contribution in [0, 0.1) is 0 Å². The SMILES string of the molecule is O=C(NCc1nc2ccccc2n1CCCCOc1ccccc1Cl)c1ccc(Cl)cc1. The van der Waals surface area contributed by atoms with E-state index in [0.717, 1.165) is 36.2 Å². The van der Waals surface area contributed by atoms with Crippen molar-refractivity contribution < 1.29 is 9.53 Å². The van der Waals surface area contributed by atoms with E-state index in [1.165, 1.54) is 0 Å². The average molecular weight is 468 g/mol. The van der Waals surface area contributed by atoms with E-state index in [1.807, 2.05) is 48.5 Å². The molecule has 0 radical (unpaired) electrons. The van der Waals surface area contributed by atoms with Crippen molar-refractivity contribution in [2.45, 2.75) is 25.9 Å². The van der Waals surface area contributed by atoms with Gasteiger partial charge in [-0.3, -0.25) is 4.79 Å². The minimum atomic E-state index is -0.159. The van der Waals surface area contributed by atoms with Gasteiger partial charge in [-0.1, -0.05) is 47.5 Å². The molecule has 0 atom stereocenters. The molecule has 1 aromatic heterocycles. The molecule has 4 aromatic rings. The maximum absolute atomic E-state index is 12.5. The van der Waals surface area contributed by atoms with E-state index in [4.69, 9.17) is 32.9 Å². The number of nitrogens with one attached hydrogen (secondary N) is 1. The number of halogens is 2. The van der Waals surface area contributed by atoms with E-state index < -0.39 is 0 Å². The van der Waals surface area contributed by atoms with Crippen LogP contribution in [-0.4, -0.2) is 22.1 Å². The molecule has 0 unspecified atom stereocenters. The highest BCUT2D eigenvalue weighted by molar-refractivity contribution is 6.32. The summed E-state index contributed by atoms with van der Waals surface area (Å²) in [6.07, 6.45) is 1.78. The molecule has 0 aliphatic carbocycles. The first kappa shape index (κ1) is 22.2. The number of carbonyl (C=O) groups is 1. The summed E-state index contributed by atoms with van der Waals surface area (Å²) in [6.45, 7) is 1.70. The van der Waals surface area contributed by atoms with Crippen LogP contribution in [-0.2, 0) is 13.1 Å². The Hall–Kier alpha value is -3.02. The molecule has 32 heavy (non-hydrogen) atoms. The molecule has 1 N–H and O–H groups in total. The van der Waals surface area contributed by atoms with Crippen molar-refractivity contribution in [3.05, 3.63) is 94.2 Å². The molecule has 0 aliphatic rings. The number of aromatic nitrogens is 2. The second-order valence-corrected chi connectivity index (χ2v) is 8.19. The molecule has 0 spiro atoms. The normalized spacial score (nSPS) is 10.9. The minimum absolute atomic E-state index is 0.159. The third-order valence-corrected chi connectivity index (χ3v) is 5.68. The Labute approximate surface area is 196 Å². The van der Waals surface area contributed by atoms with Gasteiger partial charge in [0.15, 0.2) is 0 Å². The van der Waals surface area contributed by atoms with Crippen LogP contribution in [0.2, 0.25) is 10.0 Å². The highest BCUT2D eigenvalue weighted by Crippen LogP contribution is 2.23. The number of hydrogen-bond donors (Lipinski definition) is 1. The fourth-order valence-electron chi connectivity index (χ4n) is 3.49. The number of imidazole rings is 1. The van der Waals surface area contributed by atoms with Crippen LogP contribution in [0.15, 0.2) is 72.8 Å². The molecule has 0 saturated carbocycles. The van der Waals surface area contributed by atoms with Crippen LogP contribution in [0.4, 0.5) is 0 Å². The number of carbonyl (C=O) groups excluding carboxylic acids is 1. The van der Waals surface area contributed by atoms with Gasteiger partial charge in [-0.25, -0.2) is 4.98 Å². The monoisotopic (exact) mass is 467 g/mol. The summed E-state index contributed by atoms with van der Waals surface area (Å²) < 4.78 is 7.95. The van der Waals surface area contributed by atoms with E-state index in [0.29, 0.717) is 34.5 Å². The van der Waals surface area contributed by atoms with Crippen molar-refractivity contribution in [1.29, 1.82) is 0 Å². The average Bonchev–Trinajstić information content (AvgIpc) is 3.16. The van der Waals surface area contributed by atoms with Crippen molar-refractivity contribution in [2.24, 2.45) is 0 Å². The van der Waals surface area contributed by atoms with Crippen LogP contribution in [0.25, 0.3) is 11.0 Å². The highest BCUT2D eigenvalue weighted by atomic mass is 35.5. The molecule has 0 aliphatic heterocycles. The van der Waals surface area contributed by atoms with Gasteiger partial charge in [0.2, 0.25) is 0 Å². The highest BCUT2D eigenvalue weighted by Gasteiger charge is 2.12. The van der Waals surface area contributed by atoms with E-state index in [-0.39, 0.29) is 5.91 Å². The second-order valence-electron chi connectivity index (χ2n) is 7.34. The summed E-state index contributed by atoms with van der Waals surface area (Å²) in [4.78, 5) is 17.2. The molecule has 0 saturated heterocycles. The molecule has 7 heteroatoms. The maximum Gasteiger partial charge on any atom is 0.251 e. The Balaban J connectivity index is 1.38. The maximum atomic E-state index is 12.5. The first-order valence-electron chi connectivity index (χ1n) is 10.5. The quantitative estimate of drug-likeness (QED) is 0.301. The second kappa shape index (κ2) is 10.5. The third-order valence-electron chi connectivity index (χ3n) is 5.12. The summed E-state index contributed by atoms with van der Waals surface area (Å²) in [5.74, 6) is 1.36. The Kier molecular flexibility index (Phi) is 7.30. The summed E-state index contributed by atoms with van der Waals surface area (Å²) in [5.41, 5.74) is 2.53. The number of amides is 1. The van der Waals surface area contributed by atoms with Crippen molar-refractivity contribution >= 4 is 40.1 Å². The van der Waals surface area contributed by atoms with Gasteiger partial charge < -0.3 is 14.6 Å². The van der Waals surface area contributed by atoms with Crippen molar-refractivity contribution in [2.75, 3.05) is 6.61 Å². The lowest BCUT2D eigenvalue weighted by Gasteiger charge is -2.11. The fraction of sp³-hybridized carbons (Fsp3) is 0.200. The number of rotatable bonds is 9. The van der Waals surface area contributed by atoms with Gasteiger partial charge in [0.1, 0.15) is 11.6 Å². The minimum Gasteiger partial charge on any atom is -0.492 e. The summed E-state index contributed by atoms with van der Waals surface area (Å²) >= 11 is 12.0. The van der Waals surface area contributed by atoms with Crippen molar-refractivity contribution in [3.63, 3.8) is 0 Å². The molecule has 4 rings (SSSR count). The lowest BCUT2D eigenvalue weighted by molar-refractivity contribution is 0.0949. The summed E-state index contributed by atoms with van der Waals surface area (Å²) in [7, 11) is 0. The van der Waals surface area contributed by atoms with Crippen LogP contribution in [0.1, 0.15) is 29.0 Å². The van der Waals surface area contributed by atoms with Crippen molar-refractivity contribution in [3.8, 4) is 5.75 Å². The molecule has 0 bridgehead atoms. The van der Waals surface area contributed by atoms with E-state index >= 15 is 0 Å². The smallest absolute Gasteiger partial charge is 0.251 e. The Bertz CT molecular complexity index is 1210. The Morgan fingerprint density at radius 3 is 2.50 bits per heavy atom. The first-order chi connectivity index (χ1) is 15.6. The third kappa shape index (κ3) is 5.42. The molecular formula is C25H23Cl2N3O2. The molecule has 1 heterocycles. The largest absolute Gasteiger partial charge is 0.492 e. The van der Waals surface area contributed by atoms with E-state index in [9.17, 15) is 4.79 Å². The van der Waals surface area contributed by atoms with Gasteiger partial charge in [-0.15, -0.1) is 0 Å². The van der Waals surface area contributed by atoms with E-state index in [1.54, 1.807) is 24.3 Å².